The predicted molar refractivity (Wildman–Crippen MR) is 76.3 cm³/mol. The lowest BCUT2D eigenvalue weighted by Gasteiger charge is -2.16. The number of nitrogens with one attached hydrogen (secondary N) is 1. The third kappa shape index (κ3) is 3.49. The fraction of sp³-hybridized carbons (Fsp3) is 0.625. The average Bonchev–Trinajstić information content (AvgIpc) is 2.78. The minimum atomic E-state index is 0.390. The third-order valence-electron chi connectivity index (χ3n) is 3.69. The molecule has 0 aromatic heterocycles. The Morgan fingerprint density at radius 2 is 2.11 bits per heavy atom. The number of aryl methyl sites for hydroxylation is 2. The van der Waals surface area contributed by atoms with Crippen LogP contribution in [0.3, 0.4) is 0 Å². The monoisotopic (exact) mass is 247 g/mol. The van der Waals surface area contributed by atoms with Crippen molar-refractivity contribution in [3.63, 3.8) is 0 Å². The molecule has 1 N–H and O–H groups in total. The summed E-state index contributed by atoms with van der Waals surface area (Å²) in [6, 6.07) is 7.08. The molecular weight excluding hydrogens is 222 g/mol. The van der Waals surface area contributed by atoms with Crippen molar-refractivity contribution in [2.24, 2.45) is 0 Å². The van der Waals surface area contributed by atoms with Gasteiger partial charge < -0.3 is 10.1 Å². The van der Waals surface area contributed by atoms with Crippen LogP contribution >= 0.6 is 0 Å². The Balaban J connectivity index is 1.87. The maximum absolute atomic E-state index is 6.13. The van der Waals surface area contributed by atoms with E-state index < -0.39 is 0 Å². The summed E-state index contributed by atoms with van der Waals surface area (Å²) in [5.41, 5.74) is 2.55. The molecule has 1 aromatic carbocycles. The van der Waals surface area contributed by atoms with Crippen LogP contribution in [-0.4, -0.2) is 18.7 Å². The van der Waals surface area contributed by atoms with Gasteiger partial charge >= 0.3 is 0 Å². The molecule has 2 unspecified atom stereocenters. The largest absolute Gasteiger partial charge is 0.490 e. The predicted octanol–water partition coefficient (Wildman–Crippen LogP) is 3.60. The highest BCUT2D eigenvalue weighted by atomic mass is 16.5. The Morgan fingerprint density at radius 1 is 1.28 bits per heavy atom. The fourth-order valence-corrected chi connectivity index (χ4v) is 2.69. The smallest absolute Gasteiger partial charge is 0.122 e. The van der Waals surface area contributed by atoms with Gasteiger partial charge in [-0.3, -0.25) is 0 Å². The molecule has 0 bridgehead atoms. The van der Waals surface area contributed by atoms with Crippen LogP contribution in [0.5, 0.6) is 5.75 Å². The van der Waals surface area contributed by atoms with Crippen LogP contribution in [0.15, 0.2) is 18.2 Å². The van der Waals surface area contributed by atoms with Gasteiger partial charge in [-0.15, -0.1) is 0 Å². The summed E-state index contributed by atoms with van der Waals surface area (Å²) in [4.78, 5) is 0. The molecule has 1 fully saturated rings. The lowest BCUT2D eigenvalue weighted by molar-refractivity contribution is 0.205. The first-order valence-electron chi connectivity index (χ1n) is 7.16. The minimum Gasteiger partial charge on any atom is -0.490 e. The van der Waals surface area contributed by atoms with E-state index in [9.17, 15) is 0 Å². The second-order valence-electron chi connectivity index (χ2n) is 5.47. The van der Waals surface area contributed by atoms with Gasteiger partial charge in [0.15, 0.2) is 0 Å². The summed E-state index contributed by atoms with van der Waals surface area (Å²) in [5.74, 6) is 1.06. The van der Waals surface area contributed by atoms with E-state index in [0.29, 0.717) is 12.1 Å². The summed E-state index contributed by atoms with van der Waals surface area (Å²) < 4.78 is 6.13. The van der Waals surface area contributed by atoms with Crippen LogP contribution in [-0.2, 0) is 0 Å². The molecule has 2 atom stereocenters. The van der Waals surface area contributed by atoms with E-state index >= 15 is 0 Å². The molecule has 1 aliphatic rings. The van der Waals surface area contributed by atoms with Crippen LogP contribution < -0.4 is 10.1 Å². The maximum atomic E-state index is 6.13. The molecular formula is C16H25NO. The normalized spacial score (nSPS) is 23.3. The van der Waals surface area contributed by atoms with Gasteiger partial charge in [0.1, 0.15) is 11.9 Å². The number of hydrogen-bond donors (Lipinski definition) is 1. The Kier molecular flexibility index (Phi) is 4.65. The lowest BCUT2D eigenvalue weighted by Crippen LogP contribution is -2.28. The molecule has 2 heteroatoms. The van der Waals surface area contributed by atoms with E-state index in [1.165, 1.54) is 30.4 Å². The highest BCUT2D eigenvalue weighted by molar-refractivity contribution is 5.35. The molecule has 0 aliphatic heterocycles. The molecule has 1 aromatic rings. The van der Waals surface area contributed by atoms with Crippen molar-refractivity contribution in [1.82, 2.24) is 5.32 Å². The summed E-state index contributed by atoms with van der Waals surface area (Å²) in [5, 5.41) is 3.59. The van der Waals surface area contributed by atoms with Crippen molar-refractivity contribution in [3.05, 3.63) is 29.3 Å². The molecule has 1 aliphatic carbocycles. The Labute approximate surface area is 111 Å². The van der Waals surface area contributed by atoms with Crippen molar-refractivity contribution in [2.75, 3.05) is 6.54 Å². The van der Waals surface area contributed by atoms with Crippen LogP contribution in [0.25, 0.3) is 0 Å². The van der Waals surface area contributed by atoms with Gasteiger partial charge in [0.2, 0.25) is 0 Å². The lowest BCUT2D eigenvalue weighted by atomic mass is 10.1. The number of benzene rings is 1. The van der Waals surface area contributed by atoms with E-state index in [-0.39, 0.29) is 0 Å². The van der Waals surface area contributed by atoms with Gasteiger partial charge in [-0.05, 0) is 57.7 Å². The zero-order chi connectivity index (χ0) is 13.0. The molecule has 2 rings (SSSR count). The van der Waals surface area contributed by atoms with Gasteiger partial charge in [-0.2, -0.15) is 0 Å². The van der Waals surface area contributed by atoms with Crippen molar-refractivity contribution in [1.29, 1.82) is 0 Å². The van der Waals surface area contributed by atoms with E-state index in [2.05, 4.69) is 44.3 Å². The van der Waals surface area contributed by atoms with Crippen molar-refractivity contribution in [3.8, 4) is 5.75 Å². The summed E-state index contributed by atoms with van der Waals surface area (Å²) >= 11 is 0. The standard InChI is InChI=1S/C16H25NO/c1-4-9-17-14-6-7-15(11-14)18-16-8-5-12(2)10-13(16)3/h5,8,10,14-15,17H,4,6-7,9,11H2,1-3H3. The van der Waals surface area contributed by atoms with Crippen LogP contribution in [0.1, 0.15) is 43.7 Å². The van der Waals surface area contributed by atoms with Gasteiger partial charge in [0, 0.05) is 6.04 Å². The minimum absolute atomic E-state index is 0.390. The van der Waals surface area contributed by atoms with E-state index in [1.807, 2.05) is 0 Å². The quantitative estimate of drug-likeness (QED) is 0.858. The van der Waals surface area contributed by atoms with E-state index in [1.54, 1.807) is 0 Å². The maximum Gasteiger partial charge on any atom is 0.122 e. The SMILES string of the molecule is CCCNC1CCC(Oc2ccc(C)cc2C)C1. The van der Waals surface area contributed by atoms with Crippen molar-refractivity contribution >= 4 is 0 Å². The van der Waals surface area contributed by atoms with Crippen LogP contribution in [0.4, 0.5) is 0 Å². The Morgan fingerprint density at radius 3 is 2.83 bits per heavy atom. The molecule has 100 valence electrons. The fourth-order valence-electron chi connectivity index (χ4n) is 2.69. The summed E-state index contributed by atoms with van der Waals surface area (Å²) in [6.45, 7) is 7.59. The average molecular weight is 247 g/mol. The molecule has 0 heterocycles. The van der Waals surface area contributed by atoms with E-state index in [4.69, 9.17) is 4.74 Å². The van der Waals surface area contributed by atoms with Gasteiger partial charge in [-0.25, -0.2) is 0 Å². The molecule has 18 heavy (non-hydrogen) atoms. The number of hydrogen-bond acceptors (Lipinski definition) is 2. The van der Waals surface area contributed by atoms with Crippen LogP contribution in [0.2, 0.25) is 0 Å². The van der Waals surface area contributed by atoms with E-state index in [0.717, 1.165) is 18.7 Å². The highest BCUT2D eigenvalue weighted by Gasteiger charge is 2.25. The Bertz CT molecular complexity index is 389. The highest BCUT2D eigenvalue weighted by Crippen LogP contribution is 2.27. The van der Waals surface area contributed by atoms with Crippen molar-refractivity contribution in [2.45, 2.75) is 58.6 Å². The molecule has 0 spiro atoms. The first kappa shape index (κ1) is 13.4. The summed E-state index contributed by atoms with van der Waals surface area (Å²) in [6.07, 6.45) is 5.16. The first-order valence-corrected chi connectivity index (χ1v) is 7.16. The number of rotatable bonds is 5. The first-order chi connectivity index (χ1) is 8.69. The topological polar surface area (TPSA) is 21.3 Å². The molecule has 0 radical (unpaired) electrons. The van der Waals surface area contributed by atoms with Gasteiger partial charge in [0.05, 0.1) is 0 Å². The molecule has 0 amide bonds. The summed E-state index contributed by atoms with van der Waals surface area (Å²) in [7, 11) is 0. The number of ether oxygens (including phenoxy) is 1. The van der Waals surface area contributed by atoms with Crippen molar-refractivity contribution < 1.29 is 4.74 Å². The zero-order valence-electron chi connectivity index (χ0n) is 11.8. The Hall–Kier alpha value is -1.02. The molecule has 0 saturated heterocycles. The van der Waals surface area contributed by atoms with Gasteiger partial charge in [-0.1, -0.05) is 24.6 Å². The second-order valence-corrected chi connectivity index (χ2v) is 5.47. The molecule has 2 nitrogen and oxygen atoms in total. The third-order valence-corrected chi connectivity index (χ3v) is 3.69. The van der Waals surface area contributed by atoms with Gasteiger partial charge in [0.25, 0.3) is 0 Å². The molecule has 1 saturated carbocycles. The second kappa shape index (κ2) is 6.24. The zero-order valence-corrected chi connectivity index (χ0v) is 11.8. The van der Waals surface area contributed by atoms with Crippen LogP contribution in [0, 0.1) is 13.8 Å².